The van der Waals surface area contributed by atoms with Gasteiger partial charge in [-0.05, 0) is 30.7 Å². The predicted molar refractivity (Wildman–Crippen MR) is 94.5 cm³/mol. The minimum atomic E-state index is 0.693. The number of aromatic nitrogens is 2. The van der Waals surface area contributed by atoms with E-state index in [4.69, 9.17) is 9.47 Å². The van der Waals surface area contributed by atoms with Gasteiger partial charge in [-0.1, -0.05) is 31.5 Å². The number of para-hydroxylation sites is 1. The number of hydrogen-bond acceptors (Lipinski definition) is 4. The summed E-state index contributed by atoms with van der Waals surface area (Å²) in [6, 6.07) is 15.4. The lowest BCUT2D eigenvalue weighted by Crippen LogP contribution is -1.95. The van der Waals surface area contributed by atoms with Gasteiger partial charge in [0, 0.05) is 17.8 Å². The first-order chi connectivity index (χ1) is 11.8. The van der Waals surface area contributed by atoms with E-state index in [1.165, 1.54) is 0 Å². The molecule has 1 aromatic heterocycles. The van der Waals surface area contributed by atoms with Gasteiger partial charge in [0.2, 0.25) is 0 Å². The van der Waals surface area contributed by atoms with Crippen molar-refractivity contribution in [2.75, 3.05) is 7.11 Å². The second-order valence-electron chi connectivity index (χ2n) is 5.42. The smallest absolute Gasteiger partial charge is 0.140 e. The number of benzene rings is 2. The molecule has 122 valence electrons. The maximum absolute atomic E-state index is 6.04. The molecule has 0 bridgehead atoms. The van der Waals surface area contributed by atoms with Gasteiger partial charge in [-0.3, -0.25) is 9.97 Å². The normalized spacial score (nSPS) is 10.4. The minimum Gasteiger partial charge on any atom is -0.497 e. The van der Waals surface area contributed by atoms with Gasteiger partial charge in [0.1, 0.15) is 17.2 Å². The molecule has 0 aliphatic rings. The Hall–Kier alpha value is -2.88. The zero-order valence-corrected chi connectivity index (χ0v) is 13.9. The van der Waals surface area contributed by atoms with E-state index in [9.17, 15) is 0 Å². The molecule has 3 rings (SSSR count). The van der Waals surface area contributed by atoms with Gasteiger partial charge < -0.3 is 9.47 Å². The Morgan fingerprint density at radius 2 is 1.75 bits per heavy atom. The van der Waals surface area contributed by atoms with Crippen LogP contribution < -0.4 is 9.47 Å². The zero-order valence-electron chi connectivity index (χ0n) is 13.9. The van der Waals surface area contributed by atoms with Crippen LogP contribution in [0, 0.1) is 0 Å². The molecule has 3 aromatic rings. The van der Waals surface area contributed by atoms with Crippen LogP contribution in [0.5, 0.6) is 17.2 Å². The third kappa shape index (κ3) is 3.71. The van der Waals surface area contributed by atoms with Gasteiger partial charge >= 0.3 is 0 Å². The van der Waals surface area contributed by atoms with Crippen molar-refractivity contribution in [3.63, 3.8) is 0 Å². The van der Waals surface area contributed by atoms with Crippen LogP contribution in [0.1, 0.15) is 19.0 Å². The monoisotopic (exact) mass is 320 g/mol. The molecule has 4 nitrogen and oxygen atoms in total. The van der Waals surface area contributed by atoms with Gasteiger partial charge in [-0.15, -0.1) is 0 Å². The molecule has 2 aromatic carbocycles. The maximum atomic E-state index is 6.04. The molecular formula is C20H20N2O2. The standard InChI is InChI=1S/C20H20N2O2/c1-3-7-15-13-22-19(14-21-15)18-11-10-17(23-2)12-20(18)24-16-8-5-4-6-9-16/h4-6,8-14H,3,7H2,1-2H3. The van der Waals surface area contributed by atoms with E-state index in [1.54, 1.807) is 13.3 Å². The van der Waals surface area contributed by atoms with Crippen molar-refractivity contribution in [2.45, 2.75) is 19.8 Å². The lowest BCUT2D eigenvalue weighted by Gasteiger charge is -2.12. The van der Waals surface area contributed by atoms with Gasteiger partial charge in [0.15, 0.2) is 0 Å². The lowest BCUT2D eigenvalue weighted by molar-refractivity contribution is 0.409. The van der Waals surface area contributed by atoms with Crippen molar-refractivity contribution in [1.82, 2.24) is 9.97 Å². The molecule has 0 saturated carbocycles. The van der Waals surface area contributed by atoms with Crippen molar-refractivity contribution < 1.29 is 9.47 Å². The van der Waals surface area contributed by atoms with Crippen LogP contribution in [0.3, 0.4) is 0 Å². The van der Waals surface area contributed by atoms with Gasteiger partial charge in [-0.2, -0.15) is 0 Å². The van der Waals surface area contributed by atoms with Crippen LogP contribution >= 0.6 is 0 Å². The highest BCUT2D eigenvalue weighted by Gasteiger charge is 2.11. The van der Waals surface area contributed by atoms with E-state index in [1.807, 2.05) is 54.7 Å². The summed E-state index contributed by atoms with van der Waals surface area (Å²) in [5.41, 5.74) is 2.67. The van der Waals surface area contributed by atoms with E-state index >= 15 is 0 Å². The van der Waals surface area contributed by atoms with Gasteiger partial charge in [-0.25, -0.2) is 0 Å². The Labute approximate surface area is 142 Å². The number of hydrogen-bond donors (Lipinski definition) is 0. The summed E-state index contributed by atoms with van der Waals surface area (Å²) >= 11 is 0. The summed E-state index contributed by atoms with van der Waals surface area (Å²) in [6.07, 6.45) is 5.61. The Morgan fingerprint density at radius 3 is 2.42 bits per heavy atom. The zero-order chi connectivity index (χ0) is 16.8. The molecule has 1 heterocycles. The fourth-order valence-electron chi connectivity index (χ4n) is 2.42. The van der Waals surface area contributed by atoms with Crippen LogP contribution in [-0.4, -0.2) is 17.1 Å². The van der Waals surface area contributed by atoms with Crippen LogP contribution in [0.25, 0.3) is 11.3 Å². The molecule has 0 N–H and O–H groups in total. The van der Waals surface area contributed by atoms with Crippen molar-refractivity contribution in [3.05, 3.63) is 66.6 Å². The van der Waals surface area contributed by atoms with Crippen molar-refractivity contribution in [2.24, 2.45) is 0 Å². The SMILES string of the molecule is CCCc1cnc(-c2ccc(OC)cc2Oc2ccccc2)cn1. The van der Waals surface area contributed by atoms with Gasteiger partial charge in [0.25, 0.3) is 0 Å². The largest absolute Gasteiger partial charge is 0.497 e. The quantitative estimate of drug-likeness (QED) is 0.648. The average Bonchev–Trinajstić information content (AvgIpc) is 2.63. The molecule has 0 atom stereocenters. The Bertz CT molecular complexity index is 786. The molecule has 0 amide bonds. The average molecular weight is 320 g/mol. The maximum Gasteiger partial charge on any atom is 0.140 e. The van der Waals surface area contributed by atoms with E-state index in [2.05, 4.69) is 16.9 Å². The summed E-state index contributed by atoms with van der Waals surface area (Å²) in [4.78, 5) is 9.03. The molecule has 0 spiro atoms. The molecule has 24 heavy (non-hydrogen) atoms. The topological polar surface area (TPSA) is 44.2 Å². The third-order valence-electron chi connectivity index (χ3n) is 3.65. The van der Waals surface area contributed by atoms with Crippen molar-refractivity contribution in [3.8, 4) is 28.5 Å². The summed E-state index contributed by atoms with van der Waals surface area (Å²) < 4.78 is 11.4. The van der Waals surface area contributed by atoms with E-state index in [0.717, 1.165) is 41.3 Å². The minimum absolute atomic E-state index is 0.693. The van der Waals surface area contributed by atoms with Crippen LogP contribution in [0.2, 0.25) is 0 Å². The molecule has 0 saturated heterocycles. The second kappa shape index (κ2) is 7.59. The first-order valence-electron chi connectivity index (χ1n) is 8.02. The summed E-state index contributed by atoms with van der Waals surface area (Å²) in [5, 5.41) is 0. The summed E-state index contributed by atoms with van der Waals surface area (Å²) in [6.45, 7) is 2.13. The van der Waals surface area contributed by atoms with E-state index < -0.39 is 0 Å². The number of ether oxygens (including phenoxy) is 2. The van der Waals surface area contributed by atoms with Crippen LogP contribution in [0.15, 0.2) is 60.9 Å². The number of nitrogens with zero attached hydrogens (tertiary/aromatic N) is 2. The molecule has 0 radical (unpaired) electrons. The molecule has 0 aliphatic heterocycles. The highest BCUT2D eigenvalue weighted by atomic mass is 16.5. The molecular weight excluding hydrogens is 300 g/mol. The Morgan fingerprint density at radius 1 is 0.917 bits per heavy atom. The van der Waals surface area contributed by atoms with Crippen molar-refractivity contribution in [1.29, 1.82) is 0 Å². The molecule has 0 unspecified atom stereocenters. The highest BCUT2D eigenvalue weighted by Crippen LogP contribution is 2.35. The predicted octanol–water partition coefficient (Wildman–Crippen LogP) is 4.90. The number of rotatable bonds is 6. The summed E-state index contributed by atoms with van der Waals surface area (Å²) in [5.74, 6) is 2.20. The summed E-state index contributed by atoms with van der Waals surface area (Å²) in [7, 11) is 1.64. The molecule has 0 aliphatic carbocycles. The van der Waals surface area contributed by atoms with E-state index in [-0.39, 0.29) is 0 Å². The van der Waals surface area contributed by atoms with Crippen LogP contribution in [0.4, 0.5) is 0 Å². The Kier molecular flexibility index (Phi) is 5.06. The van der Waals surface area contributed by atoms with Crippen LogP contribution in [-0.2, 0) is 6.42 Å². The fraction of sp³-hybridized carbons (Fsp3) is 0.200. The molecule has 0 fully saturated rings. The first kappa shape index (κ1) is 16.0. The third-order valence-corrected chi connectivity index (χ3v) is 3.65. The van der Waals surface area contributed by atoms with Gasteiger partial charge in [0.05, 0.1) is 24.7 Å². The fourth-order valence-corrected chi connectivity index (χ4v) is 2.42. The van der Waals surface area contributed by atoms with E-state index in [0.29, 0.717) is 5.75 Å². The number of methoxy groups -OCH3 is 1. The Balaban J connectivity index is 1.97. The highest BCUT2D eigenvalue weighted by molar-refractivity contribution is 5.68. The second-order valence-corrected chi connectivity index (χ2v) is 5.42. The first-order valence-corrected chi connectivity index (χ1v) is 8.02. The number of aryl methyl sites for hydroxylation is 1. The van der Waals surface area contributed by atoms with Crippen molar-refractivity contribution >= 4 is 0 Å². The molecule has 4 heteroatoms. The lowest BCUT2D eigenvalue weighted by atomic mass is 10.1.